The number of anilines is 1. The van der Waals surface area contributed by atoms with Crippen LogP contribution in [0.2, 0.25) is 5.02 Å². The fraction of sp³-hybridized carbons (Fsp3) is 0.182. The summed E-state index contributed by atoms with van der Waals surface area (Å²) in [7, 11) is 0. The van der Waals surface area contributed by atoms with Crippen molar-refractivity contribution in [2.45, 2.75) is 13.8 Å². The highest BCUT2D eigenvalue weighted by Gasteiger charge is 2.04. The summed E-state index contributed by atoms with van der Waals surface area (Å²) in [5.41, 5.74) is 1.63. The highest BCUT2D eigenvalue weighted by atomic mass is 35.5. The van der Waals surface area contributed by atoms with Crippen molar-refractivity contribution in [3.05, 3.63) is 40.9 Å². The van der Waals surface area contributed by atoms with Crippen molar-refractivity contribution < 1.29 is 4.79 Å². The molecule has 0 bridgehead atoms. The molecule has 1 aromatic rings. The van der Waals surface area contributed by atoms with Crippen molar-refractivity contribution in [3.8, 4) is 0 Å². The van der Waals surface area contributed by atoms with Crippen molar-refractivity contribution in [3.63, 3.8) is 0 Å². The smallest absolute Gasteiger partial charge is 0.248 e. The minimum absolute atomic E-state index is 0.163. The maximum Gasteiger partial charge on any atom is 0.248 e. The Balaban J connectivity index is 2.91. The molecule has 0 aliphatic carbocycles. The monoisotopic (exact) mass is 209 g/mol. The lowest BCUT2D eigenvalue weighted by Gasteiger charge is -2.07. The average Bonchev–Trinajstić information content (AvgIpc) is 2.12. The van der Waals surface area contributed by atoms with Crippen LogP contribution in [0.15, 0.2) is 30.4 Å². The first-order valence-corrected chi connectivity index (χ1v) is 4.71. The van der Waals surface area contributed by atoms with Gasteiger partial charge in [0.05, 0.1) is 10.7 Å². The second kappa shape index (κ2) is 4.82. The van der Waals surface area contributed by atoms with Crippen LogP contribution < -0.4 is 5.32 Å². The Morgan fingerprint density at radius 3 is 2.79 bits per heavy atom. The molecule has 0 unspecified atom stereocenters. The Labute approximate surface area is 88.6 Å². The number of halogens is 1. The highest BCUT2D eigenvalue weighted by molar-refractivity contribution is 6.34. The van der Waals surface area contributed by atoms with Crippen LogP contribution in [-0.4, -0.2) is 5.91 Å². The van der Waals surface area contributed by atoms with Crippen LogP contribution in [0, 0.1) is 6.92 Å². The summed E-state index contributed by atoms with van der Waals surface area (Å²) in [4.78, 5) is 11.3. The molecule has 1 amide bonds. The van der Waals surface area contributed by atoms with Gasteiger partial charge in [0.2, 0.25) is 5.91 Å². The van der Waals surface area contributed by atoms with E-state index in [4.69, 9.17) is 11.6 Å². The Hall–Kier alpha value is -1.28. The van der Waals surface area contributed by atoms with E-state index in [1.807, 2.05) is 19.1 Å². The summed E-state index contributed by atoms with van der Waals surface area (Å²) in [5, 5.41) is 3.28. The molecular formula is C11H12ClNO. The van der Waals surface area contributed by atoms with Gasteiger partial charge in [-0.3, -0.25) is 4.79 Å². The summed E-state index contributed by atoms with van der Waals surface area (Å²) in [6.45, 7) is 3.69. The molecule has 0 heterocycles. The molecule has 0 spiro atoms. The lowest BCUT2D eigenvalue weighted by atomic mass is 10.2. The van der Waals surface area contributed by atoms with Gasteiger partial charge in [0.15, 0.2) is 0 Å². The Kier molecular flexibility index (Phi) is 3.72. The number of rotatable bonds is 2. The summed E-state index contributed by atoms with van der Waals surface area (Å²) >= 11 is 5.93. The molecule has 0 saturated carbocycles. The van der Waals surface area contributed by atoms with Gasteiger partial charge in [-0.05, 0) is 31.6 Å². The molecule has 1 rings (SSSR count). The van der Waals surface area contributed by atoms with Crippen molar-refractivity contribution in [2.24, 2.45) is 0 Å². The summed E-state index contributed by atoms with van der Waals surface area (Å²) in [5.74, 6) is -0.163. The Morgan fingerprint density at radius 2 is 2.21 bits per heavy atom. The molecule has 0 saturated heterocycles. The molecule has 1 N–H and O–H groups in total. The quantitative estimate of drug-likeness (QED) is 0.745. The molecule has 2 nitrogen and oxygen atoms in total. The topological polar surface area (TPSA) is 29.1 Å². The van der Waals surface area contributed by atoms with Gasteiger partial charge in [0.25, 0.3) is 0 Å². The van der Waals surface area contributed by atoms with Crippen LogP contribution >= 0.6 is 11.6 Å². The predicted octanol–water partition coefficient (Wildman–Crippen LogP) is 3.16. The van der Waals surface area contributed by atoms with E-state index in [1.54, 1.807) is 19.1 Å². The van der Waals surface area contributed by atoms with E-state index in [0.29, 0.717) is 10.7 Å². The largest absolute Gasteiger partial charge is 0.321 e. The van der Waals surface area contributed by atoms with E-state index in [2.05, 4.69) is 5.32 Å². The van der Waals surface area contributed by atoms with Crippen molar-refractivity contribution in [1.29, 1.82) is 0 Å². The van der Waals surface area contributed by atoms with Crippen molar-refractivity contribution in [2.75, 3.05) is 5.32 Å². The second-order valence-corrected chi connectivity index (χ2v) is 3.33. The van der Waals surface area contributed by atoms with E-state index in [9.17, 15) is 4.79 Å². The summed E-state index contributed by atoms with van der Waals surface area (Å²) in [6, 6.07) is 5.50. The third-order valence-electron chi connectivity index (χ3n) is 1.79. The number of amides is 1. The molecule has 0 aromatic heterocycles. The highest BCUT2D eigenvalue weighted by Crippen LogP contribution is 2.24. The fourth-order valence-corrected chi connectivity index (χ4v) is 1.38. The van der Waals surface area contributed by atoms with Crippen LogP contribution in [0.5, 0.6) is 0 Å². The molecule has 0 aliphatic rings. The zero-order valence-corrected chi connectivity index (χ0v) is 8.93. The van der Waals surface area contributed by atoms with E-state index >= 15 is 0 Å². The first-order chi connectivity index (χ1) is 6.65. The molecule has 74 valence electrons. The molecule has 1 aromatic carbocycles. The Morgan fingerprint density at radius 1 is 1.50 bits per heavy atom. The summed E-state index contributed by atoms with van der Waals surface area (Å²) < 4.78 is 0. The SMILES string of the molecule is C/C=C/C(=O)Nc1c(C)cccc1Cl. The minimum atomic E-state index is -0.163. The molecule has 0 aliphatic heterocycles. The minimum Gasteiger partial charge on any atom is -0.321 e. The van der Waals surface area contributed by atoms with Crippen molar-refractivity contribution in [1.82, 2.24) is 0 Å². The first kappa shape index (κ1) is 10.8. The van der Waals surface area contributed by atoms with Crippen LogP contribution in [0.25, 0.3) is 0 Å². The van der Waals surface area contributed by atoms with Gasteiger partial charge < -0.3 is 5.32 Å². The van der Waals surface area contributed by atoms with Gasteiger partial charge in [-0.2, -0.15) is 0 Å². The number of para-hydroxylation sites is 1. The number of allylic oxidation sites excluding steroid dienone is 1. The van der Waals surface area contributed by atoms with Gasteiger partial charge in [0, 0.05) is 0 Å². The van der Waals surface area contributed by atoms with Crippen LogP contribution in [0.3, 0.4) is 0 Å². The lowest BCUT2D eigenvalue weighted by Crippen LogP contribution is -2.09. The number of nitrogens with one attached hydrogen (secondary N) is 1. The summed E-state index contributed by atoms with van der Waals surface area (Å²) in [6.07, 6.45) is 3.14. The van der Waals surface area contributed by atoms with Gasteiger partial charge in [-0.25, -0.2) is 0 Å². The molecule has 3 heteroatoms. The number of hydrogen-bond donors (Lipinski definition) is 1. The zero-order chi connectivity index (χ0) is 10.6. The third kappa shape index (κ3) is 2.60. The van der Waals surface area contributed by atoms with E-state index in [1.165, 1.54) is 6.08 Å². The number of carbonyl (C=O) groups excluding carboxylic acids is 1. The lowest BCUT2D eigenvalue weighted by molar-refractivity contribution is -0.111. The molecule has 0 atom stereocenters. The number of carbonyl (C=O) groups is 1. The number of hydrogen-bond acceptors (Lipinski definition) is 1. The number of aryl methyl sites for hydroxylation is 1. The standard InChI is InChI=1S/C11H12ClNO/c1-3-5-10(14)13-11-8(2)6-4-7-9(11)12/h3-7H,1-2H3,(H,13,14)/b5-3+. The molecule has 0 fully saturated rings. The zero-order valence-electron chi connectivity index (χ0n) is 8.17. The van der Waals surface area contributed by atoms with Gasteiger partial charge in [0.1, 0.15) is 0 Å². The normalized spacial score (nSPS) is 10.5. The fourth-order valence-electron chi connectivity index (χ4n) is 1.11. The van der Waals surface area contributed by atoms with Crippen molar-refractivity contribution >= 4 is 23.2 Å². The van der Waals surface area contributed by atoms with E-state index in [0.717, 1.165) is 5.56 Å². The first-order valence-electron chi connectivity index (χ1n) is 4.34. The van der Waals surface area contributed by atoms with Gasteiger partial charge in [-0.15, -0.1) is 0 Å². The van der Waals surface area contributed by atoms with Gasteiger partial charge >= 0.3 is 0 Å². The Bertz CT molecular complexity index is 351. The number of benzene rings is 1. The van der Waals surface area contributed by atoms with Crippen LogP contribution in [0.4, 0.5) is 5.69 Å². The van der Waals surface area contributed by atoms with E-state index in [-0.39, 0.29) is 5.91 Å². The molecule has 0 radical (unpaired) electrons. The second-order valence-electron chi connectivity index (χ2n) is 2.92. The average molecular weight is 210 g/mol. The third-order valence-corrected chi connectivity index (χ3v) is 2.10. The maximum absolute atomic E-state index is 11.3. The molecule has 14 heavy (non-hydrogen) atoms. The maximum atomic E-state index is 11.3. The van der Waals surface area contributed by atoms with E-state index < -0.39 is 0 Å². The van der Waals surface area contributed by atoms with Crippen LogP contribution in [0.1, 0.15) is 12.5 Å². The predicted molar refractivity (Wildman–Crippen MR) is 59.6 cm³/mol. The van der Waals surface area contributed by atoms with Crippen LogP contribution in [-0.2, 0) is 4.79 Å². The molecular weight excluding hydrogens is 198 g/mol. The van der Waals surface area contributed by atoms with Gasteiger partial charge in [-0.1, -0.05) is 29.8 Å².